The van der Waals surface area contributed by atoms with Gasteiger partial charge < -0.3 is 0 Å². The lowest BCUT2D eigenvalue weighted by molar-refractivity contribution is -0.288. The van der Waals surface area contributed by atoms with Gasteiger partial charge in [0, 0.05) is 7.05 Å². The lowest BCUT2D eigenvalue weighted by atomic mass is 9.72. The maximum atomic E-state index is 14.4. The van der Waals surface area contributed by atoms with Gasteiger partial charge in [-0.15, -0.1) is 0 Å². The monoisotopic (exact) mass is 546 g/mol. The highest BCUT2D eigenvalue weighted by molar-refractivity contribution is 5.98. The van der Waals surface area contributed by atoms with Gasteiger partial charge in [-0.2, -0.15) is 26.3 Å². The Morgan fingerprint density at radius 3 is 1.31 bits per heavy atom. The molecule has 0 fully saturated rings. The average Bonchev–Trinajstić information content (AvgIpc) is 3.22. The zero-order valence-electron chi connectivity index (χ0n) is 20.1. The second-order valence-electron chi connectivity index (χ2n) is 9.22. The molecule has 3 aromatic carbocycles. The standard InChI is InChI=1S/C27H16F6N2O4/c1-13-3-5-14(6-4-13)25(26(28,29)30,27(31,32)33)15-7-9-16(10-8-15)35-23(38)19-11-17-18(12-20(19)24(35)39)22(37)34(2)21(17)36/h3-12H,1-2H3. The van der Waals surface area contributed by atoms with Crippen molar-refractivity contribution >= 4 is 21.5 Å². The van der Waals surface area contributed by atoms with Gasteiger partial charge in [-0.1, -0.05) is 42.0 Å². The summed E-state index contributed by atoms with van der Waals surface area (Å²) < 4.78 is 87.5. The predicted molar refractivity (Wildman–Crippen MR) is 131 cm³/mol. The second kappa shape index (κ2) is 8.26. The Hall–Kier alpha value is -4.48. The maximum absolute atomic E-state index is 14.4. The van der Waals surface area contributed by atoms with E-state index in [0.29, 0.717) is 22.3 Å². The van der Waals surface area contributed by atoms with Crippen LogP contribution >= 0.6 is 0 Å². The second-order valence-corrected chi connectivity index (χ2v) is 9.22. The highest BCUT2D eigenvalue weighted by Crippen LogP contribution is 2.56. The fourth-order valence-corrected chi connectivity index (χ4v) is 4.97. The molecule has 0 spiro atoms. The molecule has 2 heterocycles. The summed E-state index contributed by atoms with van der Waals surface area (Å²) in [5, 5.41) is -0.645. The molecule has 5 aromatic rings. The summed E-state index contributed by atoms with van der Waals surface area (Å²) in [4.78, 5) is 50.7. The molecule has 5 rings (SSSR count). The number of fused-ring (bicyclic) bond motifs is 2. The molecule has 0 radical (unpaired) electrons. The molecule has 0 atom stereocenters. The lowest BCUT2D eigenvalue weighted by Gasteiger charge is -2.38. The zero-order chi connectivity index (χ0) is 28.7. The minimum atomic E-state index is -5.80. The fraction of sp³-hybridized carbons (Fsp3) is 0.185. The number of halogens is 6. The number of hydrogen-bond acceptors (Lipinski definition) is 4. The molecule has 0 aliphatic rings. The van der Waals surface area contributed by atoms with E-state index < -0.39 is 51.1 Å². The van der Waals surface area contributed by atoms with Crippen molar-refractivity contribution in [2.24, 2.45) is 7.05 Å². The van der Waals surface area contributed by atoms with Crippen LogP contribution in [0.15, 0.2) is 79.8 Å². The van der Waals surface area contributed by atoms with Gasteiger partial charge in [-0.25, -0.2) is 4.57 Å². The first-order valence-corrected chi connectivity index (χ1v) is 11.3. The van der Waals surface area contributed by atoms with Gasteiger partial charge in [0.25, 0.3) is 22.2 Å². The van der Waals surface area contributed by atoms with Crippen LogP contribution in [-0.4, -0.2) is 21.5 Å². The maximum Gasteiger partial charge on any atom is 0.411 e. The third-order valence-electron chi connectivity index (χ3n) is 6.99. The first-order valence-electron chi connectivity index (χ1n) is 11.3. The SMILES string of the molecule is Cc1ccc(C(c2ccc(-n3c(=O)c4cc5c(=O)n(C)c(=O)c5cc4c3=O)cc2)(C(F)(F)F)C(F)(F)F)cc1. The molecular formula is C27H16F6N2O4. The molecule has 0 aliphatic carbocycles. The quantitative estimate of drug-likeness (QED) is 0.319. The molecular weight excluding hydrogens is 530 g/mol. The molecule has 200 valence electrons. The van der Waals surface area contributed by atoms with Crippen LogP contribution in [0.4, 0.5) is 26.3 Å². The largest absolute Gasteiger partial charge is 0.411 e. The number of benzene rings is 3. The van der Waals surface area contributed by atoms with Crippen LogP contribution in [0.3, 0.4) is 0 Å². The number of alkyl halides is 6. The van der Waals surface area contributed by atoms with E-state index in [9.17, 15) is 45.5 Å². The van der Waals surface area contributed by atoms with E-state index in [1.54, 1.807) is 0 Å². The van der Waals surface area contributed by atoms with Gasteiger partial charge >= 0.3 is 12.4 Å². The van der Waals surface area contributed by atoms with Crippen LogP contribution in [-0.2, 0) is 12.5 Å². The van der Waals surface area contributed by atoms with E-state index in [1.165, 1.54) is 14.0 Å². The molecule has 6 nitrogen and oxygen atoms in total. The molecule has 0 amide bonds. The van der Waals surface area contributed by atoms with Gasteiger partial charge in [0.05, 0.1) is 27.2 Å². The summed E-state index contributed by atoms with van der Waals surface area (Å²) in [5.74, 6) is 0. The molecule has 12 heteroatoms. The van der Waals surface area contributed by atoms with Crippen LogP contribution in [0.5, 0.6) is 0 Å². The normalized spacial score (nSPS) is 13.0. The van der Waals surface area contributed by atoms with Crippen LogP contribution < -0.4 is 22.2 Å². The number of aryl methyl sites for hydroxylation is 1. The minimum Gasteiger partial charge on any atom is -0.277 e. The van der Waals surface area contributed by atoms with E-state index in [1.807, 2.05) is 0 Å². The van der Waals surface area contributed by atoms with Gasteiger partial charge in [-0.3, -0.25) is 23.7 Å². The van der Waals surface area contributed by atoms with Gasteiger partial charge in [0.1, 0.15) is 0 Å². The van der Waals surface area contributed by atoms with Crippen LogP contribution in [0.25, 0.3) is 27.2 Å². The molecule has 0 saturated carbocycles. The Kier molecular flexibility index (Phi) is 5.53. The summed E-state index contributed by atoms with van der Waals surface area (Å²) in [6.45, 7) is 1.52. The molecule has 39 heavy (non-hydrogen) atoms. The van der Waals surface area contributed by atoms with Crippen molar-refractivity contribution in [2.75, 3.05) is 0 Å². The van der Waals surface area contributed by atoms with E-state index in [-0.39, 0.29) is 27.2 Å². The topological polar surface area (TPSA) is 78.1 Å². The van der Waals surface area contributed by atoms with Crippen molar-refractivity contribution in [3.8, 4) is 5.69 Å². The third kappa shape index (κ3) is 3.50. The smallest absolute Gasteiger partial charge is 0.277 e. The average molecular weight is 546 g/mol. The Bertz CT molecular complexity index is 1880. The number of aromatic nitrogens is 2. The summed E-state index contributed by atoms with van der Waals surface area (Å²) in [5.41, 5.74) is -9.70. The molecule has 0 bridgehead atoms. The summed E-state index contributed by atoms with van der Waals surface area (Å²) in [6.07, 6.45) is -11.6. The van der Waals surface area contributed by atoms with Crippen LogP contribution in [0.1, 0.15) is 16.7 Å². The van der Waals surface area contributed by atoms with E-state index in [0.717, 1.165) is 53.1 Å². The summed E-state index contributed by atoms with van der Waals surface area (Å²) in [6, 6.07) is 8.73. The Balaban J connectivity index is 1.74. The summed E-state index contributed by atoms with van der Waals surface area (Å²) >= 11 is 0. The van der Waals surface area contributed by atoms with Crippen molar-refractivity contribution < 1.29 is 26.3 Å². The van der Waals surface area contributed by atoms with E-state index in [2.05, 4.69) is 0 Å². The van der Waals surface area contributed by atoms with Gasteiger partial charge in [0.15, 0.2) is 0 Å². The van der Waals surface area contributed by atoms with Crippen LogP contribution in [0.2, 0.25) is 0 Å². The number of hydrogen-bond donors (Lipinski definition) is 0. The predicted octanol–water partition coefficient (Wildman–Crippen LogP) is 4.16. The van der Waals surface area contributed by atoms with Gasteiger partial charge in [0.2, 0.25) is 5.41 Å². The third-order valence-corrected chi connectivity index (χ3v) is 6.99. The van der Waals surface area contributed by atoms with Crippen LogP contribution in [0, 0.1) is 6.92 Å². The molecule has 0 N–H and O–H groups in total. The van der Waals surface area contributed by atoms with Gasteiger partial charge in [-0.05, 0) is 42.3 Å². The minimum absolute atomic E-state index is 0.0992. The molecule has 2 aromatic heterocycles. The molecule has 0 aliphatic heterocycles. The lowest BCUT2D eigenvalue weighted by Crippen LogP contribution is -2.54. The Morgan fingerprint density at radius 2 is 0.923 bits per heavy atom. The zero-order valence-corrected chi connectivity index (χ0v) is 20.1. The Labute approximate surface area is 213 Å². The first-order chi connectivity index (χ1) is 18.1. The Morgan fingerprint density at radius 1 is 0.564 bits per heavy atom. The highest BCUT2D eigenvalue weighted by Gasteiger charge is 2.72. The van der Waals surface area contributed by atoms with Crippen molar-refractivity contribution in [2.45, 2.75) is 24.7 Å². The van der Waals surface area contributed by atoms with Crippen molar-refractivity contribution in [1.29, 1.82) is 0 Å². The number of nitrogens with zero attached hydrogens (tertiary/aromatic N) is 2. The van der Waals surface area contributed by atoms with Crippen molar-refractivity contribution in [3.63, 3.8) is 0 Å². The fourth-order valence-electron chi connectivity index (χ4n) is 4.97. The van der Waals surface area contributed by atoms with E-state index >= 15 is 0 Å². The molecule has 0 saturated heterocycles. The van der Waals surface area contributed by atoms with E-state index in [4.69, 9.17) is 0 Å². The molecule has 0 unspecified atom stereocenters. The summed E-state index contributed by atoms with van der Waals surface area (Å²) in [7, 11) is 1.23. The van der Waals surface area contributed by atoms with Crippen molar-refractivity contribution in [3.05, 3.63) is 119 Å². The van der Waals surface area contributed by atoms with Crippen molar-refractivity contribution in [1.82, 2.24) is 9.13 Å². The first kappa shape index (κ1) is 26.1. The highest BCUT2D eigenvalue weighted by atomic mass is 19.4. The number of rotatable bonds is 3.